The first-order valence-electron chi connectivity index (χ1n) is 6.87. The molecular weight excluding hydrogens is 230 g/mol. The lowest BCUT2D eigenvalue weighted by molar-refractivity contribution is 0.263. The number of rotatable bonds is 9. The topological polar surface area (TPSA) is 122 Å². The quantitative estimate of drug-likeness (QED) is 0.239. The summed E-state index contributed by atoms with van der Waals surface area (Å²) in [6.45, 7) is 9.18. The number of nitrogens with one attached hydrogen (secondary N) is 2. The zero-order valence-corrected chi connectivity index (χ0v) is 12.3. The van der Waals surface area contributed by atoms with Gasteiger partial charge in [-0.2, -0.15) is 0 Å². The van der Waals surface area contributed by atoms with Crippen molar-refractivity contribution in [3.05, 3.63) is 0 Å². The molecule has 0 aromatic rings. The third-order valence-corrected chi connectivity index (χ3v) is 1.81. The SMILES string of the molecule is CCCCCNCC.NCCN.NCCNCO. The van der Waals surface area contributed by atoms with Crippen molar-refractivity contribution in [1.82, 2.24) is 10.6 Å². The molecule has 0 aliphatic carbocycles. The number of hydrogen-bond acceptors (Lipinski definition) is 6. The molecule has 0 heterocycles. The minimum Gasteiger partial charge on any atom is -0.381 e. The molecule has 0 aliphatic rings. The average molecular weight is 265 g/mol. The highest BCUT2D eigenvalue weighted by Gasteiger charge is 1.81. The van der Waals surface area contributed by atoms with Crippen molar-refractivity contribution in [3.8, 4) is 0 Å². The first-order chi connectivity index (χ1) is 8.74. The van der Waals surface area contributed by atoms with E-state index < -0.39 is 0 Å². The normalized spacial score (nSPS) is 9.00. The van der Waals surface area contributed by atoms with Crippen molar-refractivity contribution < 1.29 is 5.11 Å². The van der Waals surface area contributed by atoms with Crippen LogP contribution in [0.3, 0.4) is 0 Å². The number of nitrogens with two attached hydrogens (primary N) is 3. The summed E-state index contributed by atoms with van der Waals surface area (Å²) in [6, 6.07) is 0. The summed E-state index contributed by atoms with van der Waals surface area (Å²) < 4.78 is 0. The Morgan fingerprint density at radius 1 is 0.833 bits per heavy atom. The molecule has 0 saturated carbocycles. The van der Waals surface area contributed by atoms with E-state index in [2.05, 4.69) is 24.5 Å². The zero-order valence-electron chi connectivity index (χ0n) is 12.3. The van der Waals surface area contributed by atoms with Crippen LogP contribution in [0.4, 0.5) is 0 Å². The lowest BCUT2D eigenvalue weighted by Gasteiger charge is -1.97. The predicted molar refractivity (Wildman–Crippen MR) is 80.3 cm³/mol. The zero-order chi connectivity index (χ0) is 14.5. The molecule has 0 radical (unpaired) electrons. The lowest BCUT2D eigenvalue weighted by atomic mass is 10.2. The Labute approximate surface area is 113 Å². The standard InChI is InChI=1S/C7H17N.C3H10N2O.C2H8N2/c1-3-5-6-7-8-4-2;4-1-2-5-3-6;3-1-2-4/h8H,3-7H2,1-2H3;5-6H,1-4H2;1-4H2. The van der Waals surface area contributed by atoms with E-state index in [1.807, 2.05) is 0 Å². The van der Waals surface area contributed by atoms with Gasteiger partial charge in [0.1, 0.15) is 0 Å². The van der Waals surface area contributed by atoms with Crippen molar-refractivity contribution in [2.75, 3.05) is 46.0 Å². The molecule has 0 atom stereocenters. The van der Waals surface area contributed by atoms with Gasteiger partial charge in [0.2, 0.25) is 0 Å². The van der Waals surface area contributed by atoms with Crippen LogP contribution in [-0.2, 0) is 0 Å². The van der Waals surface area contributed by atoms with E-state index >= 15 is 0 Å². The molecule has 114 valence electrons. The van der Waals surface area contributed by atoms with Crippen molar-refractivity contribution in [1.29, 1.82) is 0 Å². The number of aliphatic hydroxyl groups is 1. The Balaban J connectivity index is -0.000000200. The molecule has 0 saturated heterocycles. The molecule has 9 N–H and O–H groups in total. The van der Waals surface area contributed by atoms with Crippen molar-refractivity contribution in [3.63, 3.8) is 0 Å². The van der Waals surface area contributed by atoms with Crippen molar-refractivity contribution in [2.45, 2.75) is 33.1 Å². The molecule has 0 fully saturated rings. The van der Waals surface area contributed by atoms with Gasteiger partial charge in [-0.15, -0.1) is 0 Å². The number of hydrogen-bond donors (Lipinski definition) is 6. The van der Waals surface area contributed by atoms with E-state index in [0.717, 1.165) is 6.54 Å². The van der Waals surface area contributed by atoms with E-state index in [4.69, 9.17) is 22.3 Å². The molecule has 0 bridgehead atoms. The number of unbranched alkanes of at least 4 members (excludes halogenated alkanes) is 2. The number of aliphatic hydroxyl groups excluding tert-OH is 1. The minimum absolute atomic E-state index is 0.0250. The summed E-state index contributed by atoms with van der Waals surface area (Å²) in [6.07, 6.45) is 4.03. The van der Waals surface area contributed by atoms with Crippen LogP contribution in [0.15, 0.2) is 0 Å². The van der Waals surface area contributed by atoms with Crippen LogP contribution in [0.2, 0.25) is 0 Å². The summed E-state index contributed by atoms with van der Waals surface area (Å²) >= 11 is 0. The second kappa shape index (κ2) is 30.1. The largest absolute Gasteiger partial charge is 0.381 e. The van der Waals surface area contributed by atoms with Gasteiger partial charge in [-0.1, -0.05) is 26.7 Å². The molecule has 0 aromatic heterocycles. The van der Waals surface area contributed by atoms with Gasteiger partial charge in [0, 0.05) is 26.2 Å². The van der Waals surface area contributed by atoms with E-state index in [9.17, 15) is 0 Å². The van der Waals surface area contributed by atoms with Crippen molar-refractivity contribution >= 4 is 0 Å². The molecule has 18 heavy (non-hydrogen) atoms. The second-order valence-electron chi connectivity index (χ2n) is 3.58. The van der Waals surface area contributed by atoms with Crippen LogP contribution in [0.5, 0.6) is 0 Å². The van der Waals surface area contributed by atoms with E-state index in [1.54, 1.807) is 0 Å². The maximum atomic E-state index is 8.03. The highest BCUT2D eigenvalue weighted by atomic mass is 16.3. The molecule has 0 rings (SSSR count). The average Bonchev–Trinajstić information content (AvgIpc) is 2.42. The second-order valence-corrected chi connectivity index (χ2v) is 3.58. The maximum Gasteiger partial charge on any atom is 0.0931 e. The van der Waals surface area contributed by atoms with Gasteiger partial charge in [0.15, 0.2) is 0 Å². The summed E-state index contributed by atoms with van der Waals surface area (Å²) in [7, 11) is 0. The molecule has 0 amide bonds. The van der Waals surface area contributed by atoms with Gasteiger partial charge in [-0.05, 0) is 19.5 Å². The molecule has 6 nitrogen and oxygen atoms in total. The first-order valence-corrected chi connectivity index (χ1v) is 6.87. The van der Waals surface area contributed by atoms with Gasteiger partial charge < -0.3 is 27.6 Å². The summed E-state index contributed by atoms with van der Waals surface area (Å²) in [5, 5.41) is 13.9. The third-order valence-electron chi connectivity index (χ3n) is 1.81. The van der Waals surface area contributed by atoms with Gasteiger partial charge >= 0.3 is 0 Å². The summed E-state index contributed by atoms with van der Waals surface area (Å²) in [5.41, 5.74) is 14.8. The molecular formula is C12H35N5O. The Morgan fingerprint density at radius 3 is 1.72 bits per heavy atom. The highest BCUT2D eigenvalue weighted by Crippen LogP contribution is 1.90. The summed E-state index contributed by atoms with van der Waals surface area (Å²) in [5.74, 6) is 0. The predicted octanol–water partition coefficient (Wildman–Crippen LogP) is -0.826. The van der Waals surface area contributed by atoms with Gasteiger partial charge in [0.05, 0.1) is 6.73 Å². The Morgan fingerprint density at radius 2 is 1.44 bits per heavy atom. The lowest BCUT2D eigenvalue weighted by Crippen LogP contribution is -2.22. The minimum atomic E-state index is 0.0250. The van der Waals surface area contributed by atoms with Crippen LogP contribution in [-0.4, -0.2) is 51.1 Å². The Bertz CT molecular complexity index is 94.5. The van der Waals surface area contributed by atoms with E-state index in [-0.39, 0.29) is 6.73 Å². The smallest absolute Gasteiger partial charge is 0.0931 e. The first kappa shape index (κ1) is 22.9. The summed E-state index contributed by atoms with van der Waals surface area (Å²) in [4.78, 5) is 0. The molecule has 0 unspecified atom stereocenters. The van der Waals surface area contributed by atoms with Crippen LogP contribution >= 0.6 is 0 Å². The van der Waals surface area contributed by atoms with Gasteiger partial charge in [-0.25, -0.2) is 0 Å². The van der Waals surface area contributed by atoms with Gasteiger partial charge in [-0.3, -0.25) is 5.32 Å². The van der Waals surface area contributed by atoms with Crippen LogP contribution in [0, 0.1) is 0 Å². The monoisotopic (exact) mass is 265 g/mol. The fourth-order valence-corrected chi connectivity index (χ4v) is 0.858. The molecule has 0 aliphatic heterocycles. The fourth-order valence-electron chi connectivity index (χ4n) is 0.858. The van der Waals surface area contributed by atoms with E-state index in [0.29, 0.717) is 26.2 Å². The van der Waals surface area contributed by atoms with Crippen molar-refractivity contribution in [2.24, 2.45) is 17.2 Å². The molecule has 0 spiro atoms. The maximum absolute atomic E-state index is 8.03. The van der Waals surface area contributed by atoms with E-state index in [1.165, 1.54) is 25.8 Å². The van der Waals surface area contributed by atoms with Gasteiger partial charge in [0.25, 0.3) is 0 Å². The van der Waals surface area contributed by atoms with Crippen LogP contribution in [0.25, 0.3) is 0 Å². The molecule has 0 aromatic carbocycles. The Kier molecular flexibility index (Phi) is 38.3. The van der Waals surface area contributed by atoms with Crippen LogP contribution in [0.1, 0.15) is 33.1 Å². The highest BCUT2D eigenvalue weighted by molar-refractivity contribution is 4.42. The fraction of sp³-hybridized carbons (Fsp3) is 1.00. The molecule has 6 heteroatoms. The Hall–Kier alpha value is -0.240. The third kappa shape index (κ3) is 44.7. The van der Waals surface area contributed by atoms with Crippen LogP contribution < -0.4 is 27.8 Å².